The van der Waals surface area contributed by atoms with Crippen LogP contribution in [0.1, 0.15) is 31.7 Å². The molecule has 0 aromatic heterocycles. The maximum atomic E-state index is 11.3. The number of ether oxygens (including phenoxy) is 1. The molecule has 2 atom stereocenters. The lowest BCUT2D eigenvalue weighted by Crippen LogP contribution is -2.01. The van der Waals surface area contributed by atoms with E-state index in [0.29, 0.717) is 18.4 Å². The molecule has 0 heterocycles. The van der Waals surface area contributed by atoms with Gasteiger partial charge in [0.25, 0.3) is 0 Å². The molecule has 2 heteroatoms. The third-order valence-corrected chi connectivity index (χ3v) is 3.24. The number of rotatable bonds is 4. The van der Waals surface area contributed by atoms with E-state index in [1.807, 2.05) is 19.9 Å². The summed E-state index contributed by atoms with van der Waals surface area (Å²) in [5.74, 6) is 0.882. The molecule has 0 saturated heterocycles. The van der Waals surface area contributed by atoms with Crippen molar-refractivity contribution in [1.29, 1.82) is 0 Å². The van der Waals surface area contributed by atoms with Crippen molar-refractivity contribution in [3.8, 4) is 0 Å². The molecule has 0 bridgehead atoms. The Kier molecular flexibility index (Phi) is 3.62. The second-order valence-electron chi connectivity index (χ2n) is 4.50. The molecule has 1 aliphatic rings. The Morgan fingerprint density at radius 2 is 2.12 bits per heavy atom. The van der Waals surface area contributed by atoms with Crippen LogP contribution in [-0.2, 0) is 9.53 Å². The minimum absolute atomic E-state index is 0.219. The quantitative estimate of drug-likeness (QED) is 0.586. The maximum absolute atomic E-state index is 11.3. The van der Waals surface area contributed by atoms with Gasteiger partial charge in [-0.05, 0) is 37.7 Å². The van der Waals surface area contributed by atoms with Gasteiger partial charge in [0, 0.05) is 6.08 Å². The zero-order chi connectivity index (χ0) is 12.3. The highest BCUT2D eigenvalue weighted by atomic mass is 16.5. The maximum Gasteiger partial charge on any atom is 0.330 e. The van der Waals surface area contributed by atoms with Gasteiger partial charge >= 0.3 is 5.97 Å². The first-order valence-corrected chi connectivity index (χ1v) is 6.12. The molecule has 0 aliphatic heterocycles. The van der Waals surface area contributed by atoms with Crippen LogP contribution in [0.25, 0.3) is 0 Å². The molecule has 17 heavy (non-hydrogen) atoms. The van der Waals surface area contributed by atoms with E-state index >= 15 is 0 Å². The van der Waals surface area contributed by atoms with Crippen molar-refractivity contribution in [3.05, 3.63) is 47.5 Å². The fourth-order valence-electron chi connectivity index (χ4n) is 2.24. The van der Waals surface area contributed by atoms with Crippen LogP contribution in [-0.4, -0.2) is 12.6 Å². The summed E-state index contributed by atoms with van der Waals surface area (Å²) in [7, 11) is 0. The van der Waals surface area contributed by atoms with Gasteiger partial charge in [-0.1, -0.05) is 35.9 Å². The number of hydrogen-bond acceptors (Lipinski definition) is 2. The van der Waals surface area contributed by atoms with Gasteiger partial charge in [0.05, 0.1) is 6.61 Å². The van der Waals surface area contributed by atoms with Gasteiger partial charge in [0.15, 0.2) is 0 Å². The minimum atomic E-state index is -0.219. The van der Waals surface area contributed by atoms with Gasteiger partial charge in [-0.25, -0.2) is 4.79 Å². The Balaban J connectivity index is 1.97. The van der Waals surface area contributed by atoms with Crippen LogP contribution in [0.15, 0.2) is 42.0 Å². The molecule has 1 aromatic carbocycles. The number of esters is 1. The number of allylic oxidation sites excluding steroid dienone is 1. The molecule has 1 saturated carbocycles. The predicted octanol–water partition coefficient (Wildman–Crippen LogP) is 3.30. The van der Waals surface area contributed by atoms with Crippen LogP contribution in [0, 0.1) is 5.92 Å². The monoisotopic (exact) mass is 230 g/mol. The first-order chi connectivity index (χ1) is 8.22. The highest BCUT2D eigenvalue weighted by Crippen LogP contribution is 2.51. The molecule has 1 fully saturated rings. The van der Waals surface area contributed by atoms with Gasteiger partial charge < -0.3 is 4.74 Å². The molecule has 2 rings (SSSR count). The average Bonchev–Trinajstić information content (AvgIpc) is 3.10. The van der Waals surface area contributed by atoms with Crippen molar-refractivity contribution in [2.24, 2.45) is 5.92 Å². The SMILES string of the molecule is CCOC(=O)/C=C(\C)[C@@H]1C[C@H]1c1ccccc1. The highest BCUT2D eigenvalue weighted by molar-refractivity contribution is 5.82. The zero-order valence-electron chi connectivity index (χ0n) is 10.3. The highest BCUT2D eigenvalue weighted by Gasteiger charge is 2.39. The molecular weight excluding hydrogens is 212 g/mol. The lowest BCUT2D eigenvalue weighted by molar-refractivity contribution is -0.137. The summed E-state index contributed by atoms with van der Waals surface area (Å²) in [6.07, 6.45) is 2.78. The lowest BCUT2D eigenvalue weighted by Gasteiger charge is -2.01. The molecule has 0 radical (unpaired) electrons. The van der Waals surface area contributed by atoms with Gasteiger partial charge in [0.1, 0.15) is 0 Å². The number of hydrogen-bond donors (Lipinski definition) is 0. The van der Waals surface area contributed by atoms with Crippen LogP contribution in [0.4, 0.5) is 0 Å². The Labute approximate surface area is 102 Å². The zero-order valence-corrected chi connectivity index (χ0v) is 10.3. The van der Waals surface area contributed by atoms with Gasteiger partial charge in [-0.15, -0.1) is 0 Å². The summed E-state index contributed by atoms with van der Waals surface area (Å²) in [4.78, 5) is 11.3. The van der Waals surface area contributed by atoms with E-state index in [9.17, 15) is 4.79 Å². The first kappa shape index (κ1) is 11.9. The van der Waals surface area contributed by atoms with E-state index in [1.54, 1.807) is 6.08 Å². The molecule has 2 nitrogen and oxygen atoms in total. The Morgan fingerprint density at radius 3 is 2.76 bits per heavy atom. The van der Waals surface area contributed by atoms with Crippen LogP contribution >= 0.6 is 0 Å². The fourth-order valence-corrected chi connectivity index (χ4v) is 2.24. The summed E-state index contributed by atoms with van der Waals surface area (Å²) >= 11 is 0. The van der Waals surface area contributed by atoms with Crippen LogP contribution in [0.3, 0.4) is 0 Å². The van der Waals surface area contributed by atoms with E-state index < -0.39 is 0 Å². The van der Waals surface area contributed by atoms with Crippen molar-refractivity contribution in [3.63, 3.8) is 0 Å². The summed E-state index contributed by atoms with van der Waals surface area (Å²) in [6, 6.07) is 10.5. The second kappa shape index (κ2) is 5.17. The van der Waals surface area contributed by atoms with E-state index in [2.05, 4.69) is 24.3 Å². The molecule has 1 aromatic rings. The number of carbonyl (C=O) groups is 1. The average molecular weight is 230 g/mol. The Hall–Kier alpha value is -1.57. The number of carbonyl (C=O) groups excluding carboxylic acids is 1. The van der Waals surface area contributed by atoms with E-state index in [0.717, 1.165) is 12.0 Å². The van der Waals surface area contributed by atoms with E-state index in [-0.39, 0.29) is 5.97 Å². The normalized spacial score (nSPS) is 23.3. The van der Waals surface area contributed by atoms with Gasteiger partial charge in [0.2, 0.25) is 0 Å². The van der Waals surface area contributed by atoms with Crippen molar-refractivity contribution < 1.29 is 9.53 Å². The Bertz CT molecular complexity index is 420. The van der Waals surface area contributed by atoms with E-state index in [1.165, 1.54) is 5.56 Å². The first-order valence-electron chi connectivity index (χ1n) is 6.12. The van der Waals surface area contributed by atoms with Gasteiger partial charge in [-0.3, -0.25) is 0 Å². The van der Waals surface area contributed by atoms with Crippen molar-refractivity contribution in [2.45, 2.75) is 26.2 Å². The fraction of sp³-hybridized carbons (Fsp3) is 0.400. The van der Waals surface area contributed by atoms with Crippen molar-refractivity contribution >= 4 is 5.97 Å². The molecule has 0 spiro atoms. The second-order valence-corrected chi connectivity index (χ2v) is 4.50. The minimum Gasteiger partial charge on any atom is -0.463 e. The van der Waals surface area contributed by atoms with Gasteiger partial charge in [-0.2, -0.15) is 0 Å². The summed E-state index contributed by atoms with van der Waals surface area (Å²) < 4.78 is 4.92. The number of benzene rings is 1. The topological polar surface area (TPSA) is 26.3 Å². The van der Waals surface area contributed by atoms with E-state index in [4.69, 9.17) is 4.74 Å². The lowest BCUT2D eigenvalue weighted by atomic mass is 10.1. The van der Waals surface area contributed by atoms with Crippen LogP contribution in [0.5, 0.6) is 0 Å². The molecule has 0 unspecified atom stereocenters. The van der Waals surface area contributed by atoms with Crippen molar-refractivity contribution in [1.82, 2.24) is 0 Å². The predicted molar refractivity (Wildman–Crippen MR) is 67.7 cm³/mol. The van der Waals surface area contributed by atoms with Crippen LogP contribution in [0.2, 0.25) is 0 Å². The third-order valence-electron chi connectivity index (χ3n) is 3.24. The largest absolute Gasteiger partial charge is 0.463 e. The molecule has 1 aliphatic carbocycles. The third kappa shape index (κ3) is 2.96. The summed E-state index contributed by atoms with van der Waals surface area (Å²) in [6.45, 7) is 4.28. The molecule has 0 amide bonds. The molecular formula is C15H18O2. The summed E-state index contributed by atoms with van der Waals surface area (Å²) in [5, 5.41) is 0. The standard InChI is InChI=1S/C15H18O2/c1-3-17-15(16)9-11(2)13-10-14(13)12-7-5-4-6-8-12/h4-9,13-14H,3,10H2,1-2H3/b11-9+/t13-,14-/m0/s1. The van der Waals surface area contributed by atoms with Crippen LogP contribution < -0.4 is 0 Å². The molecule has 90 valence electrons. The Morgan fingerprint density at radius 1 is 1.41 bits per heavy atom. The smallest absolute Gasteiger partial charge is 0.330 e. The molecule has 0 N–H and O–H groups in total. The summed E-state index contributed by atoms with van der Waals surface area (Å²) in [5.41, 5.74) is 2.51. The van der Waals surface area contributed by atoms with Crippen molar-refractivity contribution in [2.75, 3.05) is 6.61 Å².